The zero-order valence-electron chi connectivity index (χ0n) is 16.6. The van der Waals surface area contributed by atoms with Crippen molar-refractivity contribution < 1.29 is 14.0 Å². The predicted molar refractivity (Wildman–Crippen MR) is 111 cm³/mol. The molecule has 1 atom stereocenters. The summed E-state index contributed by atoms with van der Waals surface area (Å²) < 4.78 is 13.3. The quantitative estimate of drug-likeness (QED) is 0.650. The van der Waals surface area contributed by atoms with Crippen LogP contribution in [0.4, 0.5) is 10.1 Å². The molecule has 2 aromatic rings. The van der Waals surface area contributed by atoms with E-state index in [4.69, 9.17) is 11.6 Å². The Morgan fingerprint density at radius 1 is 1.04 bits per heavy atom. The lowest BCUT2D eigenvalue weighted by Gasteiger charge is -2.20. The number of carbonyl (C=O) groups is 2. The lowest BCUT2D eigenvalue weighted by molar-refractivity contribution is -0.118. The van der Waals surface area contributed by atoms with E-state index in [1.54, 1.807) is 12.1 Å². The van der Waals surface area contributed by atoms with Gasteiger partial charge in [-0.3, -0.25) is 9.59 Å². The first-order valence-electron chi connectivity index (χ1n) is 9.34. The molecule has 2 N–H and O–H groups in total. The number of rotatable bonds is 7. The first kappa shape index (κ1) is 21.9. The zero-order chi connectivity index (χ0) is 20.8. The molecule has 150 valence electrons. The minimum atomic E-state index is -0.721. The molecule has 0 unspecified atom stereocenters. The number of halogens is 2. The summed E-state index contributed by atoms with van der Waals surface area (Å²) in [5, 5.41) is 5.42. The number of anilines is 1. The number of hydrogen-bond donors (Lipinski definition) is 2. The zero-order valence-corrected chi connectivity index (χ0v) is 17.3. The van der Waals surface area contributed by atoms with E-state index in [2.05, 4.69) is 24.5 Å². The maximum Gasteiger partial charge on any atom is 0.251 e. The fourth-order valence-corrected chi connectivity index (χ4v) is 2.95. The van der Waals surface area contributed by atoms with E-state index >= 15 is 0 Å². The second-order valence-electron chi connectivity index (χ2n) is 7.55. The van der Waals surface area contributed by atoms with E-state index in [0.29, 0.717) is 23.6 Å². The molecule has 0 radical (unpaired) electrons. The predicted octanol–water partition coefficient (Wildman–Crippen LogP) is 5.39. The largest absolute Gasteiger partial charge is 0.340 e. The van der Waals surface area contributed by atoms with Crippen molar-refractivity contribution in [2.75, 3.05) is 5.32 Å². The smallest absolute Gasteiger partial charge is 0.251 e. The van der Waals surface area contributed by atoms with Crippen molar-refractivity contribution in [2.24, 2.45) is 5.92 Å². The topological polar surface area (TPSA) is 58.2 Å². The third-order valence-corrected chi connectivity index (χ3v) is 4.65. The van der Waals surface area contributed by atoms with Gasteiger partial charge in [0.05, 0.1) is 5.02 Å². The Kier molecular flexibility index (Phi) is 7.58. The summed E-state index contributed by atoms with van der Waals surface area (Å²) in [5.41, 5.74) is 2.01. The monoisotopic (exact) mass is 404 g/mol. The summed E-state index contributed by atoms with van der Waals surface area (Å²) in [7, 11) is 0. The summed E-state index contributed by atoms with van der Waals surface area (Å²) >= 11 is 5.76. The van der Waals surface area contributed by atoms with Crippen molar-refractivity contribution in [1.82, 2.24) is 5.32 Å². The van der Waals surface area contributed by atoms with Gasteiger partial charge in [-0.05, 0) is 54.2 Å². The van der Waals surface area contributed by atoms with Crippen LogP contribution in [-0.2, 0) is 4.79 Å². The van der Waals surface area contributed by atoms with Crippen LogP contribution in [0.5, 0.6) is 0 Å². The lowest BCUT2D eigenvalue weighted by atomic mass is 10.0. The fraction of sp³-hybridized carbons (Fsp3) is 0.364. The second-order valence-corrected chi connectivity index (χ2v) is 7.96. The Labute approximate surface area is 170 Å². The maximum atomic E-state index is 13.3. The minimum Gasteiger partial charge on any atom is -0.340 e. The van der Waals surface area contributed by atoms with Crippen molar-refractivity contribution in [2.45, 2.75) is 46.1 Å². The molecule has 0 fully saturated rings. The van der Waals surface area contributed by atoms with Crippen LogP contribution in [0, 0.1) is 11.7 Å². The molecule has 0 aromatic heterocycles. The second kappa shape index (κ2) is 9.69. The van der Waals surface area contributed by atoms with E-state index in [9.17, 15) is 14.0 Å². The molecule has 0 aliphatic carbocycles. The summed E-state index contributed by atoms with van der Waals surface area (Å²) in [6, 6.07) is 10.6. The van der Waals surface area contributed by atoms with Gasteiger partial charge in [0, 0.05) is 11.3 Å². The highest BCUT2D eigenvalue weighted by molar-refractivity contribution is 6.31. The molecular formula is C22H26ClFN2O2. The molecule has 0 bridgehead atoms. The van der Waals surface area contributed by atoms with Gasteiger partial charge in [0.1, 0.15) is 11.9 Å². The van der Waals surface area contributed by atoms with E-state index in [1.807, 2.05) is 26.0 Å². The normalized spacial score (nSPS) is 12.1. The lowest BCUT2D eigenvalue weighted by Crippen LogP contribution is -2.44. The van der Waals surface area contributed by atoms with Gasteiger partial charge < -0.3 is 10.6 Å². The van der Waals surface area contributed by atoms with E-state index in [-0.39, 0.29) is 22.8 Å². The van der Waals surface area contributed by atoms with Gasteiger partial charge in [0.15, 0.2) is 0 Å². The van der Waals surface area contributed by atoms with E-state index in [0.717, 1.165) is 5.56 Å². The van der Waals surface area contributed by atoms with Gasteiger partial charge in [-0.25, -0.2) is 4.39 Å². The standard InChI is InChI=1S/C22H26ClFN2O2/c1-13(2)11-20(22(28)25-17-9-10-19(24)18(23)12-17)26-21(27)16-7-5-15(6-8-16)14(3)4/h5-10,12-14,20H,11H2,1-4H3,(H,25,28)(H,26,27)/t20-/m1/s1. The van der Waals surface area contributed by atoms with Crippen LogP contribution in [0.15, 0.2) is 42.5 Å². The van der Waals surface area contributed by atoms with Crippen LogP contribution in [0.1, 0.15) is 56.0 Å². The molecule has 2 rings (SSSR count). The number of nitrogens with one attached hydrogen (secondary N) is 2. The van der Waals surface area contributed by atoms with Crippen LogP contribution in [0.3, 0.4) is 0 Å². The Balaban J connectivity index is 2.12. The molecule has 0 saturated carbocycles. The summed E-state index contributed by atoms with van der Waals surface area (Å²) in [6.07, 6.45) is 0.469. The van der Waals surface area contributed by atoms with Crippen LogP contribution < -0.4 is 10.6 Å². The van der Waals surface area contributed by atoms with Crippen LogP contribution in [0.2, 0.25) is 5.02 Å². The van der Waals surface area contributed by atoms with Gasteiger partial charge >= 0.3 is 0 Å². The number of hydrogen-bond acceptors (Lipinski definition) is 2. The van der Waals surface area contributed by atoms with Crippen molar-refractivity contribution in [3.8, 4) is 0 Å². The molecule has 28 heavy (non-hydrogen) atoms. The first-order chi connectivity index (χ1) is 13.2. The highest BCUT2D eigenvalue weighted by Gasteiger charge is 2.23. The average Bonchev–Trinajstić information content (AvgIpc) is 2.63. The minimum absolute atomic E-state index is 0.0764. The van der Waals surface area contributed by atoms with Crippen LogP contribution in [0.25, 0.3) is 0 Å². The van der Waals surface area contributed by atoms with Crippen molar-refractivity contribution in [3.05, 3.63) is 64.4 Å². The summed E-state index contributed by atoms with van der Waals surface area (Å²) in [6.45, 7) is 8.11. The fourth-order valence-electron chi connectivity index (χ4n) is 2.77. The van der Waals surface area contributed by atoms with Gasteiger partial charge in [-0.15, -0.1) is 0 Å². The molecule has 0 saturated heterocycles. The Hall–Kier alpha value is -2.40. The van der Waals surface area contributed by atoms with Gasteiger partial charge in [-0.1, -0.05) is 51.4 Å². The molecule has 2 amide bonds. The molecule has 6 heteroatoms. The van der Waals surface area contributed by atoms with E-state index < -0.39 is 11.9 Å². The van der Waals surface area contributed by atoms with Crippen molar-refractivity contribution in [1.29, 1.82) is 0 Å². The maximum absolute atomic E-state index is 13.3. The van der Waals surface area contributed by atoms with Crippen molar-refractivity contribution >= 4 is 29.1 Å². The summed E-state index contributed by atoms with van der Waals surface area (Å²) in [5.74, 6) is -0.677. The molecular weight excluding hydrogens is 379 g/mol. The highest BCUT2D eigenvalue weighted by atomic mass is 35.5. The van der Waals surface area contributed by atoms with Crippen LogP contribution in [-0.4, -0.2) is 17.9 Å². The first-order valence-corrected chi connectivity index (χ1v) is 9.72. The SMILES string of the molecule is CC(C)C[C@@H](NC(=O)c1ccc(C(C)C)cc1)C(=O)Nc1ccc(F)c(Cl)c1. The molecule has 0 spiro atoms. The Morgan fingerprint density at radius 3 is 2.21 bits per heavy atom. The average molecular weight is 405 g/mol. The third-order valence-electron chi connectivity index (χ3n) is 4.36. The van der Waals surface area contributed by atoms with Gasteiger partial charge in [-0.2, -0.15) is 0 Å². The number of benzene rings is 2. The molecule has 4 nitrogen and oxygen atoms in total. The molecule has 0 heterocycles. The third kappa shape index (κ3) is 6.06. The number of amides is 2. The number of carbonyl (C=O) groups excluding carboxylic acids is 2. The highest BCUT2D eigenvalue weighted by Crippen LogP contribution is 2.20. The Morgan fingerprint density at radius 2 is 1.68 bits per heavy atom. The van der Waals surface area contributed by atoms with Crippen LogP contribution >= 0.6 is 11.6 Å². The summed E-state index contributed by atoms with van der Waals surface area (Å²) in [4.78, 5) is 25.3. The molecule has 0 aliphatic heterocycles. The Bertz CT molecular complexity index is 835. The van der Waals surface area contributed by atoms with Gasteiger partial charge in [0.2, 0.25) is 5.91 Å². The molecule has 0 aliphatic rings. The molecule has 2 aromatic carbocycles. The van der Waals surface area contributed by atoms with Crippen molar-refractivity contribution in [3.63, 3.8) is 0 Å². The van der Waals surface area contributed by atoms with Gasteiger partial charge in [0.25, 0.3) is 5.91 Å². The van der Waals surface area contributed by atoms with E-state index in [1.165, 1.54) is 18.2 Å².